The van der Waals surface area contributed by atoms with Gasteiger partial charge in [0, 0.05) is 61.1 Å². The molecule has 3 aromatic heterocycles. The number of amides is 1. The quantitative estimate of drug-likeness (QED) is 0.268. The Morgan fingerprint density at radius 2 is 1.82 bits per heavy atom. The molecule has 12 heteroatoms. The topological polar surface area (TPSA) is 133 Å². The number of aromatic amines is 1. The lowest BCUT2D eigenvalue weighted by Crippen LogP contribution is -2.44. The molecule has 0 atom stereocenters. The summed E-state index contributed by atoms with van der Waals surface area (Å²) >= 11 is 0. The van der Waals surface area contributed by atoms with Crippen molar-refractivity contribution in [2.45, 2.75) is 51.3 Å². The molecular weight excluding hydrogens is 590 g/mol. The van der Waals surface area contributed by atoms with Crippen LogP contribution in [0, 0.1) is 20.8 Å². The average molecular weight is 630 g/mol. The Balaban J connectivity index is 1.43. The van der Waals surface area contributed by atoms with E-state index in [4.69, 9.17) is 4.98 Å². The number of pyridine rings is 2. The van der Waals surface area contributed by atoms with Crippen LogP contribution in [0.15, 0.2) is 54.0 Å². The van der Waals surface area contributed by atoms with Crippen LogP contribution in [0.4, 0.5) is 5.82 Å². The largest absolute Gasteiger partial charge is 0.354 e. The van der Waals surface area contributed by atoms with E-state index in [1.165, 1.54) is 0 Å². The summed E-state index contributed by atoms with van der Waals surface area (Å²) in [6.45, 7) is 12.8. The molecule has 0 spiro atoms. The van der Waals surface area contributed by atoms with Crippen molar-refractivity contribution in [1.29, 1.82) is 0 Å². The maximum atomic E-state index is 14.0. The number of carbonyl (C=O) groups excluding carboxylic acids is 1. The molecule has 1 aliphatic heterocycles. The molecule has 1 saturated heterocycles. The van der Waals surface area contributed by atoms with E-state index in [0.717, 1.165) is 52.9 Å². The zero-order valence-corrected chi connectivity index (χ0v) is 27.0. The number of piperazine rings is 1. The van der Waals surface area contributed by atoms with Crippen molar-refractivity contribution in [1.82, 2.24) is 29.4 Å². The van der Waals surface area contributed by atoms with Crippen LogP contribution in [0.2, 0.25) is 0 Å². The third-order valence-corrected chi connectivity index (χ3v) is 11.5. The second kappa shape index (κ2) is 11.6. The van der Waals surface area contributed by atoms with Gasteiger partial charge in [0.05, 0.1) is 21.5 Å². The summed E-state index contributed by atoms with van der Waals surface area (Å²) in [7, 11) is -1.80. The Kier molecular flexibility index (Phi) is 7.90. The number of rotatable bonds is 9. The second-order valence-corrected chi connectivity index (χ2v) is 14.5. The molecule has 2 fully saturated rings. The Bertz CT molecular complexity index is 1970. The molecule has 11 nitrogen and oxygen atoms in total. The maximum Gasteiger partial charge on any atom is 0.260 e. The van der Waals surface area contributed by atoms with Gasteiger partial charge in [-0.15, -0.1) is 6.58 Å². The zero-order valence-electron chi connectivity index (χ0n) is 26.2. The molecule has 2 aliphatic rings. The Morgan fingerprint density at radius 1 is 1.09 bits per heavy atom. The van der Waals surface area contributed by atoms with Crippen LogP contribution in [0.3, 0.4) is 0 Å². The minimum atomic E-state index is -3.90. The molecule has 0 bridgehead atoms. The number of hydrogen-bond acceptors (Lipinski definition) is 8. The lowest BCUT2D eigenvalue weighted by atomic mass is 9.99. The van der Waals surface area contributed by atoms with E-state index in [1.54, 1.807) is 38.3 Å². The third-order valence-electron chi connectivity index (χ3n) is 9.10. The number of nitrogens with zero attached hydrogens (tertiary/aromatic N) is 5. The molecular formula is C33H39N7O4S. The first-order valence-corrected chi connectivity index (χ1v) is 16.6. The van der Waals surface area contributed by atoms with E-state index >= 15 is 0 Å². The first-order valence-electron chi connectivity index (χ1n) is 15.2. The first kappa shape index (κ1) is 30.7. The fourth-order valence-corrected chi connectivity index (χ4v) is 8.17. The van der Waals surface area contributed by atoms with E-state index < -0.39 is 20.7 Å². The molecule has 4 aromatic rings. The number of hydrogen-bond donors (Lipinski definition) is 2. The summed E-state index contributed by atoms with van der Waals surface area (Å²) in [5.41, 5.74) is 4.12. The maximum absolute atomic E-state index is 14.0. The number of fused-ring (bicyclic) bond motifs is 1. The molecule has 2 N–H and O–H groups in total. The number of likely N-dealkylation sites (N-methyl/N-ethyl adjacent to an activating group) is 1. The summed E-state index contributed by atoms with van der Waals surface area (Å²) in [6, 6.07) is 9.28. The highest BCUT2D eigenvalue weighted by molar-refractivity contribution is 7.91. The van der Waals surface area contributed by atoms with E-state index in [1.807, 2.05) is 25.1 Å². The second-order valence-electron chi connectivity index (χ2n) is 12.3. The van der Waals surface area contributed by atoms with Gasteiger partial charge in [0.15, 0.2) is 0 Å². The fraction of sp³-hybridized carbons (Fsp3) is 0.394. The number of benzene rings is 1. The standard InChI is InChI=1S/C33H39N7O4S/c1-6-9-33(10-11-33)45(43,44)40-28-18-25(24-7-8-29(34-19-24)39-14-12-38(5)13-15-39)17-26(30(28)23(4)37-40)31(41)35-20-27-21(2)16-22(3)36-32(27)42/h6-8,16-19H,1,9-15,20H2,2-5H3,(H,35,41)(H,36,42). The molecule has 6 rings (SSSR count). The SMILES string of the molecule is C=CCC1(S(=O)(=O)n2nc(C)c3c(C(=O)NCc4c(C)cc(C)[nH]c4=O)cc(-c4ccc(N5CCN(C)CC5)nc4)cc32)CC1. The zero-order chi connectivity index (χ0) is 32.1. The smallest absolute Gasteiger partial charge is 0.260 e. The Morgan fingerprint density at radius 3 is 2.44 bits per heavy atom. The Labute approximate surface area is 263 Å². The summed E-state index contributed by atoms with van der Waals surface area (Å²) in [6.07, 6.45) is 4.77. The van der Waals surface area contributed by atoms with Crippen LogP contribution in [0.5, 0.6) is 0 Å². The number of anilines is 1. The van der Waals surface area contributed by atoms with Crippen molar-refractivity contribution < 1.29 is 13.2 Å². The van der Waals surface area contributed by atoms with Crippen LogP contribution in [-0.2, 0) is 16.6 Å². The van der Waals surface area contributed by atoms with Gasteiger partial charge in [0.25, 0.3) is 21.5 Å². The van der Waals surface area contributed by atoms with Crippen LogP contribution in [-0.4, -0.2) is 76.4 Å². The van der Waals surface area contributed by atoms with E-state index in [0.29, 0.717) is 47.0 Å². The van der Waals surface area contributed by atoms with Crippen LogP contribution < -0.4 is 15.8 Å². The molecule has 1 amide bonds. The summed E-state index contributed by atoms with van der Waals surface area (Å²) in [5.74, 6) is 0.434. The molecule has 1 aliphatic carbocycles. The number of aryl methyl sites for hydroxylation is 3. The lowest BCUT2D eigenvalue weighted by molar-refractivity contribution is 0.0952. The number of carbonyl (C=O) groups is 1. The number of aromatic nitrogens is 4. The van der Waals surface area contributed by atoms with Gasteiger partial charge in [-0.05, 0) is 88.5 Å². The van der Waals surface area contributed by atoms with Crippen molar-refractivity contribution in [3.8, 4) is 11.1 Å². The van der Waals surface area contributed by atoms with Crippen LogP contribution in [0.1, 0.15) is 52.1 Å². The summed E-state index contributed by atoms with van der Waals surface area (Å²) < 4.78 is 28.2. The summed E-state index contributed by atoms with van der Waals surface area (Å²) in [5, 5.41) is 7.84. The normalized spacial score (nSPS) is 16.6. The number of allylic oxidation sites excluding steroid dienone is 1. The van der Waals surface area contributed by atoms with E-state index in [9.17, 15) is 18.0 Å². The fourth-order valence-electron chi connectivity index (χ4n) is 6.22. The molecule has 45 heavy (non-hydrogen) atoms. The van der Waals surface area contributed by atoms with Crippen molar-refractivity contribution in [2.24, 2.45) is 0 Å². The highest BCUT2D eigenvalue weighted by atomic mass is 32.2. The van der Waals surface area contributed by atoms with Crippen molar-refractivity contribution >= 4 is 32.7 Å². The minimum absolute atomic E-state index is 0.0151. The summed E-state index contributed by atoms with van der Waals surface area (Å²) in [4.78, 5) is 38.5. The van der Waals surface area contributed by atoms with Gasteiger partial charge < -0.3 is 20.1 Å². The van der Waals surface area contributed by atoms with Crippen LogP contribution >= 0.6 is 0 Å². The monoisotopic (exact) mass is 629 g/mol. The molecule has 0 radical (unpaired) electrons. The van der Waals surface area contributed by atoms with Gasteiger partial charge in [-0.25, -0.2) is 13.4 Å². The molecule has 4 heterocycles. The first-order chi connectivity index (χ1) is 21.4. The molecule has 1 saturated carbocycles. The van der Waals surface area contributed by atoms with Gasteiger partial charge in [0.2, 0.25) is 0 Å². The predicted octanol–water partition coefficient (Wildman–Crippen LogP) is 3.68. The van der Waals surface area contributed by atoms with Crippen molar-refractivity contribution in [2.75, 3.05) is 38.1 Å². The van der Waals surface area contributed by atoms with Gasteiger partial charge in [0.1, 0.15) is 5.82 Å². The predicted molar refractivity (Wildman–Crippen MR) is 176 cm³/mol. The van der Waals surface area contributed by atoms with Gasteiger partial charge in [-0.3, -0.25) is 9.59 Å². The van der Waals surface area contributed by atoms with Crippen molar-refractivity contribution in [3.05, 3.63) is 87.6 Å². The highest BCUT2D eigenvalue weighted by Crippen LogP contribution is 2.48. The van der Waals surface area contributed by atoms with Gasteiger partial charge in [-0.1, -0.05) is 6.08 Å². The lowest BCUT2D eigenvalue weighted by Gasteiger charge is -2.33. The number of nitrogens with one attached hydrogen (secondary N) is 2. The molecule has 236 valence electrons. The van der Waals surface area contributed by atoms with Crippen molar-refractivity contribution in [3.63, 3.8) is 0 Å². The van der Waals surface area contributed by atoms with Gasteiger partial charge >= 0.3 is 0 Å². The third kappa shape index (κ3) is 5.57. The van der Waals surface area contributed by atoms with Gasteiger partial charge in [-0.2, -0.15) is 9.19 Å². The molecule has 1 aromatic carbocycles. The average Bonchev–Trinajstić information content (AvgIpc) is 3.73. The number of H-pyrrole nitrogens is 1. The Hall–Kier alpha value is -4.29. The molecule has 0 unspecified atom stereocenters. The van der Waals surface area contributed by atoms with Crippen LogP contribution in [0.25, 0.3) is 22.0 Å². The van der Waals surface area contributed by atoms with E-state index in [2.05, 4.69) is 38.8 Å². The minimum Gasteiger partial charge on any atom is -0.354 e. The highest BCUT2D eigenvalue weighted by Gasteiger charge is 2.55. The van der Waals surface area contributed by atoms with E-state index in [-0.39, 0.29) is 17.7 Å².